The molecule has 0 spiro atoms. The third kappa shape index (κ3) is 6.62. The van der Waals surface area contributed by atoms with E-state index in [4.69, 9.17) is 22.1 Å². The SMILES string of the molecule is C[C@H](NC(=O)C(C)(C)OC(=O)c1ccccc1N)[C@@H](Cc1ccc(Cl)cc1)c1cccc(C#N)c1. The van der Waals surface area contributed by atoms with Gasteiger partial charge in [-0.1, -0.05) is 48.0 Å². The van der Waals surface area contributed by atoms with Crippen LogP contribution in [-0.4, -0.2) is 23.5 Å². The number of nitrogen functional groups attached to an aromatic ring is 1. The highest BCUT2D eigenvalue weighted by Crippen LogP contribution is 2.27. The van der Waals surface area contributed by atoms with Gasteiger partial charge in [0.25, 0.3) is 5.91 Å². The van der Waals surface area contributed by atoms with Gasteiger partial charge < -0.3 is 15.8 Å². The summed E-state index contributed by atoms with van der Waals surface area (Å²) in [5, 5.41) is 13.0. The maximum absolute atomic E-state index is 13.2. The van der Waals surface area contributed by atoms with Crippen LogP contribution < -0.4 is 11.1 Å². The van der Waals surface area contributed by atoms with E-state index in [1.165, 1.54) is 13.8 Å². The summed E-state index contributed by atoms with van der Waals surface area (Å²) in [6.07, 6.45) is 0.605. The Bertz CT molecular complexity index is 1250. The van der Waals surface area contributed by atoms with Crippen molar-refractivity contribution in [3.05, 3.63) is 100 Å². The molecule has 180 valence electrons. The molecule has 35 heavy (non-hydrogen) atoms. The Morgan fingerprint density at radius 1 is 1.09 bits per heavy atom. The first-order valence-electron chi connectivity index (χ1n) is 11.2. The van der Waals surface area contributed by atoms with Crippen LogP contribution in [0.5, 0.6) is 0 Å². The number of amides is 1. The number of nitrogens with one attached hydrogen (secondary N) is 1. The van der Waals surface area contributed by atoms with Crippen LogP contribution in [-0.2, 0) is 16.0 Å². The predicted octanol–water partition coefficient (Wildman–Crippen LogP) is 5.26. The predicted molar refractivity (Wildman–Crippen MR) is 137 cm³/mol. The highest BCUT2D eigenvalue weighted by Gasteiger charge is 2.35. The van der Waals surface area contributed by atoms with Gasteiger partial charge in [0.05, 0.1) is 17.2 Å². The van der Waals surface area contributed by atoms with Crippen molar-refractivity contribution < 1.29 is 14.3 Å². The molecule has 3 aromatic carbocycles. The van der Waals surface area contributed by atoms with E-state index >= 15 is 0 Å². The fourth-order valence-electron chi connectivity index (χ4n) is 3.79. The van der Waals surface area contributed by atoms with E-state index in [9.17, 15) is 14.9 Å². The van der Waals surface area contributed by atoms with Gasteiger partial charge in [0.1, 0.15) is 0 Å². The lowest BCUT2D eigenvalue weighted by molar-refractivity contribution is -0.138. The van der Waals surface area contributed by atoms with E-state index in [1.54, 1.807) is 30.3 Å². The third-order valence-electron chi connectivity index (χ3n) is 5.85. The number of hydrogen-bond acceptors (Lipinski definition) is 5. The number of para-hydroxylation sites is 1. The van der Waals surface area contributed by atoms with Gasteiger partial charge in [0, 0.05) is 22.7 Å². The molecule has 1 amide bonds. The number of anilines is 1. The molecule has 0 unspecified atom stereocenters. The topological polar surface area (TPSA) is 105 Å². The Morgan fingerprint density at radius 3 is 2.43 bits per heavy atom. The van der Waals surface area contributed by atoms with Gasteiger partial charge in [-0.3, -0.25) is 4.79 Å². The largest absolute Gasteiger partial charge is 0.446 e. The maximum atomic E-state index is 13.2. The number of carbonyl (C=O) groups is 2. The number of carbonyl (C=O) groups excluding carboxylic acids is 2. The summed E-state index contributed by atoms with van der Waals surface area (Å²) in [4.78, 5) is 25.8. The lowest BCUT2D eigenvalue weighted by Crippen LogP contribution is -2.50. The van der Waals surface area contributed by atoms with Crippen molar-refractivity contribution in [2.45, 2.75) is 44.8 Å². The Kier molecular flexibility index (Phi) is 8.16. The van der Waals surface area contributed by atoms with Crippen molar-refractivity contribution in [3.63, 3.8) is 0 Å². The van der Waals surface area contributed by atoms with E-state index in [0.717, 1.165) is 11.1 Å². The van der Waals surface area contributed by atoms with Crippen molar-refractivity contribution >= 4 is 29.2 Å². The van der Waals surface area contributed by atoms with Crippen LogP contribution in [0.1, 0.15) is 53.7 Å². The van der Waals surface area contributed by atoms with E-state index < -0.39 is 17.5 Å². The number of hydrogen-bond donors (Lipinski definition) is 2. The first kappa shape index (κ1) is 25.8. The minimum absolute atomic E-state index is 0.148. The Hall–Kier alpha value is -3.82. The van der Waals surface area contributed by atoms with Crippen molar-refractivity contribution in [2.75, 3.05) is 5.73 Å². The van der Waals surface area contributed by atoms with Gasteiger partial charge in [0.2, 0.25) is 0 Å². The molecule has 0 bridgehead atoms. The molecule has 7 heteroatoms. The summed E-state index contributed by atoms with van der Waals surface area (Å²) in [5.41, 5.74) is 7.41. The average molecular weight is 490 g/mol. The standard InChI is InChI=1S/C28H28ClN3O3/c1-18(32-27(34)28(2,3)35-26(33)23-9-4-5-10-25(23)31)24(16-19-11-13-22(29)14-12-19)21-8-6-7-20(15-21)17-30/h4-15,18,24H,16,31H2,1-3H3,(H,32,34)/t18-,24+/m0/s1. The Labute approximate surface area is 210 Å². The van der Waals surface area contributed by atoms with E-state index in [2.05, 4.69) is 11.4 Å². The molecule has 3 rings (SSSR count). The number of halogens is 1. The van der Waals surface area contributed by atoms with Crippen LogP contribution in [0.3, 0.4) is 0 Å². The number of nitriles is 1. The summed E-state index contributed by atoms with van der Waals surface area (Å²) in [7, 11) is 0. The first-order chi connectivity index (χ1) is 16.6. The first-order valence-corrected chi connectivity index (χ1v) is 11.6. The molecule has 0 heterocycles. The van der Waals surface area contributed by atoms with Crippen LogP contribution in [0, 0.1) is 11.3 Å². The van der Waals surface area contributed by atoms with Crippen molar-refractivity contribution in [1.82, 2.24) is 5.32 Å². The van der Waals surface area contributed by atoms with Gasteiger partial charge in [-0.2, -0.15) is 5.26 Å². The summed E-state index contributed by atoms with van der Waals surface area (Å²) < 4.78 is 5.53. The molecule has 3 N–H and O–H groups in total. The molecule has 0 aliphatic rings. The van der Waals surface area contributed by atoms with E-state index in [1.807, 2.05) is 49.4 Å². The normalized spacial score (nSPS) is 12.8. The molecule has 0 aliphatic heterocycles. The highest BCUT2D eigenvalue weighted by molar-refractivity contribution is 6.30. The zero-order chi connectivity index (χ0) is 25.6. The van der Waals surface area contributed by atoms with Crippen molar-refractivity contribution in [3.8, 4) is 6.07 Å². The van der Waals surface area contributed by atoms with Crippen LogP contribution in [0.15, 0.2) is 72.8 Å². The van der Waals surface area contributed by atoms with Gasteiger partial charge in [-0.05, 0) is 74.7 Å². The van der Waals surface area contributed by atoms with Crippen LogP contribution in [0.2, 0.25) is 5.02 Å². The molecule has 0 aromatic heterocycles. The number of rotatable bonds is 8. The molecular weight excluding hydrogens is 462 g/mol. The summed E-state index contributed by atoms with van der Waals surface area (Å²) >= 11 is 6.04. The number of benzene rings is 3. The van der Waals surface area contributed by atoms with E-state index in [-0.39, 0.29) is 23.2 Å². The second-order valence-electron chi connectivity index (χ2n) is 8.92. The van der Waals surface area contributed by atoms with Crippen LogP contribution in [0.25, 0.3) is 0 Å². The molecule has 0 radical (unpaired) electrons. The fourth-order valence-corrected chi connectivity index (χ4v) is 3.92. The minimum atomic E-state index is -1.44. The van der Waals surface area contributed by atoms with Gasteiger partial charge in [-0.15, -0.1) is 0 Å². The van der Waals surface area contributed by atoms with Crippen molar-refractivity contribution in [1.29, 1.82) is 5.26 Å². The van der Waals surface area contributed by atoms with Gasteiger partial charge in [0.15, 0.2) is 5.60 Å². The van der Waals surface area contributed by atoms with Crippen molar-refractivity contribution in [2.24, 2.45) is 0 Å². The second-order valence-corrected chi connectivity index (χ2v) is 9.36. The zero-order valence-corrected chi connectivity index (χ0v) is 20.7. The summed E-state index contributed by atoms with van der Waals surface area (Å²) in [6.45, 7) is 4.97. The number of nitrogens with zero attached hydrogens (tertiary/aromatic N) is 1. The molecule has 0 saturated carbocycles. The van der Waals surface area contributed by atoms with Crippen LogP contribution in [0.4, 0.5) is 5.69 Å². The quantitative estimate of drug-likeness (QED) is 0.331. The lowest BCUT2D eigenvalue weighted by atomic mass is 9.85. The lowest BCUT2D eigenvalue weighted by Gasteiger charge is -2.30. The summed E-state index contributed by atoms with van der Waals surface area (Å²) in [6, 6.07) is 23.2. The molecule has 3 aromatic rings. The minimum Gasteiger partial charge on any atom is -0.446 e. The maximum Gasteiger partial charge on any atom is 0.341 e. The molecule has 0 fully saturated rings. The van der Waals surface area contributed by atoms with E-state index in [0.29, 0.717) is 17.0 Å². The second kappa shape index (κ2) is 11.1. The monoisotopic (exact) mass is 489 g/mol. The molecule has 2 atom stereocenters. The number of nitrogens with two attached hydrogens (primary N) is 1. The summed E-state index contributed by atoms with van der Waals surface area (Å²) in [5.74, 6) is -1.26. The van der Waals surface area contributed by atoms with Gasteiger partial charge >= 0.3 is 5.97 Å². The average Bonchev–Trinajstić information content (AvgIpc) is 2.83. The smallest absolute Gasteiger partial charge is 0.341 e. The molecule has 6 nitrogen and oxygen atoms in total. The molecule has 0 aliphatic carbocycles. The zero-order valence-electron chi connectivity index (χ0n) is 19.9. The highest BCUT2D eigenvalue weighted by atomic mass is 35.5. The molecular formula is C28H28ClN3O3. The Morgan fingerprint density at radius 2 is 1.77 bits per heavy atom. The third-order valence-corrected chi connectivity index (χ3v) is 6.10. The number of ether oxygens (including phenoxy) is 1. The fraction of sp³-hybridized carbons (Fsp3) is 0.250. The van der Waals surface area contributed by atoms with Crippen LogP contribution >= 0.6 is 11.6 Å². The number of esters is 1. The molecule has 0 saturated heterocycles. The Balaban J connectivity index is 1.81. The van der Waals surface area contributed by atoms with Gasteiger partial charge in [-0.25, -0.2) is 4.79 Å².